The van der Waals surface area contributed by atoms with Crippen LogP contribution in [0.2, 0.25) is 0 Å². The van der Waals surface area contributed by atoms with E-state index in [0.717, 1.165) is 28.4 Å². The summed E-state index contributed by atoms with van der Waals surface area (Å²) in [6.07, 6.45) is 0. The number of methoxy groups -OCH3 is 1. The lowest BCUT2D eigenvalue weighted by Crippen LogP contribution is -2.00. The normalized spacial score (nSPS) is 10.5. The van der Waals surface area contributed by atoms with Gasteiger partial charge in [-0.2, -0.15) is 4.37 Å². The molecule has 3 rings (SSSR count). The molecule has 0 N–H and O–H groups in total. The molecular formula is C17H14N2O2S. The fraction of sp³-hybridized carbons (Fsp3) is 0.118. The molecule has 0 bridgehead atoms. The van der Waals surface area contributed by atoms with Gasteiger partial charge in [-0.05, 0) is 30.6 Å². The van der Waals surface area contributed by atoms with Crippen molar-refractivity contribution in [3.63, 3.8) is 0 Å². The molecule has 0 atom stereocenters. The molecule has 0 amide bonds. The Morgan fingerprint density at radius 3 is 2.64 bits per heavy atom. The number of nitrogens with zero attached hydrogens (tertiary/aromatic N) is 2. The molecule has 2 aromatic carbocycles. The van der Waals surface area contributed by atoms with Crippen LogP contribution in [0.15, 0.2) is 48.5 Å². The topological polar surface area (TPSA) is 52.1 Å². The number of benzene rings is 2. The van der Waals surface area contributed by atoms with E-state index in [4.69, 9.17) is 4.74 Å². The first-order valence-electron chi connectivity index (χ1n) is 6.77. The average molecular weight is 310 g/mol. The number of aryl methyl sites for hydroxylation is 1. The fourth-order valence-corrected chi connectivity index (χ4v) is 2.67. The van der Waals surface area contributed by atoms with Crippen molar-refractivity contribution in [1.82, 2.24) is 9.36 Å². The van der Waals surface area contributed by atoms with Crippen LogP contribution < -0.4 is 4.74 Å². The molecule has 110 valence electrons. The van der Waals surface area contributed by atoms with Crippen molar-refractivity contribution in [2.24, 2.45) is 0 Å². The lowest BCUT2D eigenvalue weighted by atomic mass is 10.1. The molecule has 1 heterocycles. The number of ether oxygens (including phenoxy) is 1. The van der Waals surface area contributed by atoms with Crippen LogP contribution in [0.3, 0.4) is 0 Å². The summed E-state index contributed by atoms with van der Waals surface area (Å²) >= 11 is 1.11. The van der Waals surface area contributed by atoms with E-state index in [9.17, 15) is 4.79 Å². The summed E-state index contributed by atoms with van der Waals surface area (Å²) < 4.78 is 9.47. The maximum absolute atomic E-state index is 12.4. The third-order valence-electron chi connectivity index (χ3n) is 3.26. The highest BCUT2D eigenvalue weighted by Gasteiger charge is 2.15. The third kappa shape index (κ3) is 2.89. The van der Waals surface area contributed by atoms with Crippen molar-refractivity contribution in [3.05, 3.63) is 64.7 Å². The van der Waals surface area contributed by atoms with Crippen molar-refractivity contribution in [3.8, 4) is 17.1 Å². The summed E-state index contributed by atoms with van der Waals surface area (Å²) in [7, 11) is 1.61. The molecule has 0 fully saturated rings. The Labute approximate surface area is 132 Å². The quantitative estimate of drug-likeness (QED) is 0.689. The molecule has 4 nitrogen and oxygen atoms in total. The fourth-order valence-electron chi connectivity index (χ4n) is 2.02. The van der Waals surface area contributed by atoms with Gasteiger partial charge in [-0.15, -0.1) is 0 Å². The first kappa shape index (κ1) is 14.4. The first-order chi connectivity index (χ1) is 10.7. The van der Waals surface area contributed by atoms with Gasteiger partial charge >= 0.3 is 0 Å². The highest BCUT2D eigenvalue weighted by atomic mass is 32.1. The van der Waals surface area contributed by atoms with E-state index in [0.29, 0.717) is 16.4 Å². The molecule has 3 aromatic rings. The number of rotatable bonds is 4. The van der Waals surface area contributed by atoms with Gasteiger partial charge in [0.15, 0.2) is 10.8 Å². The van der Waals surface area contributed by atoms with Crippen LogP contribution in [0.1, 0.15) is 20.9 Å². The van der Waals surface area contributed by atoms with E-state index in [-0.39, 0.29) is 5.78 Å². The molecule has 0 saturated carbocycles. The maximum atomic E-state index is 12.4. The van der Waals surface area contributed by atoms with Gasteiger partial charge in [0.05, 0.1) is 7.11 Å². The molecule has 0 radical (unpaired) electrons. The Balaban J connectivity index is 1.89. The monoisotopic (exact) mass is 310 g/mol. The molecule has 0 saturated heterocycles. The second-order valence-corrected chi connectivity index (χ2v) is 5.60. The van der Waals surface area contributed by atoms with Crippen molar-refractivity contribution < 1.29 is 9.53 Å². The first-order valence-corrected chi connectivity index (χ1v) is 7.54. The number of carbonyl (C=O) groups is 1. The number of hydrogen-bond acceptors (Lipinski definition) is 5. The van der Waals surface area contributed by atoms with Gasteiger partial charge in [0.1, 0.15) is 5.75 Å². The summed E-state index contributed by atoms with van der Waals surface area (Å²) in [6, 6.07) is 14.9. The van der Waals surface area contributed by atoms with Crippen molar-refractivity contribution in [2.75, 3.05) is 7.11 Å². The predicted molar refractivity (Wildman–Crippen MR) is 86.5 cm³/mol. The van der Waals surface area contributed by atoms with E-state index >= 15 is 0 Å². The summed E-state index contributed by atoms with van der Waals surface area (Å²) in [5, 5.41) is 0.390. The zero-order chi connectivity index (χ0) is 15.5. The zero-order valence-electron chi connectivity index (χ0n) is 12.2. The molecule has 0 aliphatic heterocycles. The van der Waals surface area contributed by atoms with Gasteiger partial charge in [-0.3, -0.25) is 4.79 Å². The van der Waals surface area contributed by atoms with Crippen LogP contribution in [-0.2, 0) is 0 Å². The number of ketones is 1. The van der Waals surface area contributed by atoms with Gasteiger partial charge in [0.2, 0.25) is 5.78 Å². The molecule has 5 heteroatoms. The Bertz CT molecular complexity index is 810. The Kier molecular flexibility index (Phi) is 3.98. The lowest BCUT2D eigenvalue weighted by Gasteiger charge is -2.00. The maximum Gasteiger partial charge on any atom is 0.223 e. The third-order valence-corrected chi connectivity index (χ3v) is 3.98. The number of carbonyl (C=O) groups excluding carboxylic acids is 1. The van der Waals surface area contributed by atoms with Gasteiger partial charge < -0.3 is 4.74 Å². The molecule has 22 heavy (non-hydrogen) atoms. The minimum atomic E-state index is -0.105. The van der Waals surface area contributed by atoms with Crippen LogP contribution in [0, 0.1) is 6.92 Å². The van der Waals surface area contributed by atoms with Crippen molar-refractivity contribution in [2.45, 2.75) is 6.92 Å². The van der Waals surface area contributed by atoms with Crippen molar-refractivity contribution in [1.29, 1.82) is 0 Å². The van der Waals surface area contributed by atoms with E-state index in [2.05, 4.69) is 9.36 Å². The minimum absolute atomic E-state index is 0.105. The average Bonchev–Trinajstić information content (AvgIpc) is 3.05. The largest absolute Gasteiger partial charge is 0.497 e. The minimum Gasteiger partial charge on any atom is -0.497 e. The second kappa shape index (κ2) is 6.07. The standard InChI is InChI=1S/C17H14N2O2S/c1-11-6-8-12(9-7-11)15(20)17-18-16(19-22-17)13-4-3-5-14(10-13)21-2/h3-10H,1-2H3. The van der Waals surface area contributed by atoms with E-state index in [1.807, 2.05) is 55.5 Å². The SMILES string of the molecule is COc1cccc(-c2nsc(C(=O)c3ccc(C)cc3)n2)c1. The predicted octanol–water partition coefficient (Wildman–Crippen LogP) is 3.75. The van der Waals surface area contributed by atoms with E-state index < -0.39 is 0 Å². The van der Waals surface area contributed by atoms with Crippen LogP contribution >= 0.6 is 11.5 Å². The summed E-state index contributed by atoms with van der Waals surface area (Å²) in [5.74, 6) is 1.17. The zero-order valence-corrected chi connectivity index (χ0v) is 13.1. The molecule has 0 aliphatic carbocycles. The van der Waals surface area contributed by atoms with Crippen molar-refractivity contribution >= 4 is 17.3 Å². The number of aromatic nitrogens is 2. The highest BCUT2D eigenvalue weighted by Crippen LogP contribution is 2.23. The van der Waals surface area contributed by atoms with Crippen LogP contribution in [0.4, 0.5) is 0 Å². The smallest absolute Gasteiger partial charge is 0.223 e. The highest BCUT2D eigenvalue weighted by molar-refractivity contribution is 7.08. The lowest BCUT2D eigenvalue weighted by molar-refractivity contribution is 0.103. The Morgan fingerprint density at radius 2 is 1.91 bits per heavy atom. The van der Waals surface area contributed by atoms with Crippen LogP contribution in [0.5, 0.6) is 5.75 Å². The summed E-state index contributed by atoms with van der Waals surface area (Å²) in [5.41, 5.74) is 2.57. The van der Waals surface area contributed by atoms with Gasteiger partial charge in [0.25, 0.3) is 0 Å². The summed E-state index contributed by atoms with van der Waals surface area (Å²) in [6.45, 7) is 1.99. The van der Waals surface area contributed by atoms with Gasteiger partial charge in [0, 0.05) is 11.1 Å². The molecular weight excluding hydrogens is 296 g/mol. The second-order valence-electron chi connectivity index (χ2n) is 4.85. The number of hydrogen-bond donors (Lipinski definition) is 0. The molecule has 1 aromatic heterocycles. The van der Waals surface area contributed by atoms with Gasteiger partial charge in [-0.25, -0.2) is 4.98 Å². The van der Waals surface area contributed by atoms with Crippen LogP contribution in [0.25, 0.3) is 11.4 Å². The molecule has 0 aliphatic rings. The van der Waals surface area contributed by atoms with Crippen LogP contribution in [-0.4, -0.2) is 22.3 Å². The molecule has 0 spiro atoms. The van der Waals surface area contributed by atoms with E-state index in [1.165, 1.54) is 0 Å². The van der Waals surface area contributed by atoms with Gasteiger partial charge in [-0.1, -0.05) is 42.0 Å². The Morgan fingerprint density at radius 1 is 1.14 bits per heavy atom. The Hall–Kier alpha value is -2.53. The van der Waals surface area contributed by atoms with E-state index in [1.54, 1.807) is 7.11 Å². The summed E-state index contributed by atoms with van der Waals surface area (Å²) in [4.78, 5) is 16.8. The molecule has 0 unspecified atom stereocenters.